The van der Waals surface area contributed by atoms with Crippen LogP contribution in [0, 0.1) is 6.92 Å². The molecule has 1 aliphatic heterocycles. The SMILES string of the molecule is Cc1cccc(/C=C/C(=O)N2CCN(S(=O)(=O)c3ccc(Cl)s3)CC2)c1. The van der Waals surface area contributed by atoms with E-state index < -0.39 is 10.0 Å². The van der Waals surface area contributed by atoms with Crippen molar-refractivity contribution in [1.29, 1.82) is 0 Å². The van der Waals surface area contributed by atoms with Gasteiger partial charge in [-0.15, -0.1) is 11.3 Å². The maximum Gasteiger partial charge on any atom is 0.252 e. The summed E-state index contributed by atoms with van der Waals surface area (Å²) in [5.74, 6) is -0.109. The molecular weight excluding hydrogens is 392 g/mol. The smallest absolute Gasteiger partial charge is 0.252 e. The molecule has 0 bridgehead atoms. The molecule has 2 aromatic rings. The lowest BCUT2D eigenvalue weighted by molar-refractivity contribution is -0.127. The normalized spacial score (nSPS) is 16.3. The molecule has 1 aliphatic rings. The summed E-state index contributed by atoms with van der Waals surface area (Å²) < 4.78 is 27.2. The van der Waals surface area contributed by atoms with Gasteiger partial charge in [-0.05, 0) is 30.7 Å². The van der Waals surface area contributed by atoms with Crippen molar-refractivity contribution >= 4 is 44.9 Å². The third kappa shape index (κ3) is 4.35. The Bertz CT molecular complexity index is 929. The van der Waals surface area contributed by atoms with Crippen molar-refractivity contribution in [2.45, 2.75) is 11.1 Å². The number of thiophene rings is 1. The fourth-order valence-corrected chi connectivity index (χ4v) is 5.82. The van der Waals surface area contributed by atoms with Crippen molar-refractivity contribution in [1.82, 2.24) is 9.21 Å². The average molecular weight is 411 g/mol. The Hall–Kier alpha value is -1.67. The predicted octanol–water partition coefficient (Wildman–Crippen LogP) is 3.26. The van der Waals surface area contributed by atoms with E-state index in [-0.39, 0.29) is 23.2 Å². The number of halogens is 1. The van der Waals surface area contributed by atoms with Crippen LogP contribution < -0.4 is 0 Å². The third-order valence-electron chi connectivity index (χ3n) is 4.15. The molecule has 8 heteroatoms. The molecule has 0 spiro atoms. The van der Waals surface area contributed by atoms with Crippen molar-refractivity contribution in [2.75, 3.05) is 26.2 Å². The first kappa shape index (κ1) is 19.1. The zero-order valence-electron chi connectivity index (χ0n) is 14.3. The molecule has 0 aliphatic carbocycles. The van der Waals surface area contributed by atoms with Gasteiger partial charge < -0.3 is 4.90 Å². The zero-order valence-corrected chi connectivity index (χ0v) is 16.6. The average Bonchev–Trinajstić information content (AvgIpc) is 3.07. The molecule has 0 saturated carbocycles. The van der Waals surface area contributed by atoms with E-state index in [2.05, 4.69) is 0 Å². The van der Waals surface area contributed by atoms with Crippen molar-refractivity contribution < 1.29 is 13.2 Å². The molecule has 0 unspecified atom stereocenters. The Labute approximate surface area is 162 Å². The topological polar surface area (TPSA) is 57.7 Å². The van der Waals surface area contributed by atoms with Gasteiger partial charge >= 0.3 is 0 Å². The summed E-state index contributed by atoms with van der Waals surface area (Å²) in [5, 5.41) is 0. The number of sulfonamides is 1. The second kappa shape index (κ2) is 7.92. The number of rotatable bonds is 4. The highest BCUT2D eigenvalue weighted by molar-refractivity contribution is 7.91. The van der Waals surface area contributed by atoms with E-state index in [1.54, 1.807) is 17.0 Å². The molecule has 0 N–H and O–H groups in total. The van der Waals surface area contributed by atoms with Gasteiger partial charge in [-0.2, -0.15) is 4.31 Å². The number of piperazine rings is 1. The second-order valence-electron chi connectivity index (χ2n) is 6.04. The summed E-state index contributed by atoms with van der Waals surface area (Å²) in [7, 11) is -3.54. The molecule has 2 heterocycles. The van der Waals surface area contributed by atoms with Crippen LogP contribution in [0.25, 0.3) is 6.08 Å². The summed E-state index contributed by atoms with van der Waals surface area (Å²) in [6.07, 6.45) is 3.32. The summed E-state index contributed by atoms with van der Waals surface area (Å²) in [4.78, 5) is 14.0. The molecule has 138 valence electrons. The third-order valence-corrected chi connectivity index (χ3v) is 7.75. The van der Waals surface area contributed by atoms with E-state index in [4.69, 9.17) is 11.6 Å². The Balaban J connectivity index is 1.60. The number of carbonyl (C=O) groups is 1. The maximum atomic E-state index is 12.6. The summed E-state index contributed by atoms with van der Waals surface area (Å²) in [6.45, 7) is 3.30. The van der Waals surface area contributed by atoms with Crippen molar-refractivity contribution in [2.24, 2.45) is 0 Å². The van der Waals surface area contributed by atoms with E-state index in [1.807, 2.05) is 31.2 Å². The highest BCUT2D eigenvalue weighted by Crippen LogP contribution is 2.28. The van der Waals surface area contributed by atoms with Gasteiger partial charge in [-0.25, -0.2) is 8.42 Å². The number of nitrogens with zero attached hydrogens (tertiary/aromatic N) is 2. The van der Waals surface area contributed by atoms with Gasteiger partial charge in [0.1, 0.15) is 4.21 Å². The van der Waals surface area contributed by atoms with E-state index in [9.17, 15) is 13.2 Å². The monoisotopic (exact) mass is 410 g/mol. The lowest BCUT2D eigenvalue weighted by Gasteiger charge is -2.33. The number of amides is 1. The van der Waals surface area contributed by atoms with E-state index >= 15 is 0 Å². The number of hydrogen-bond donors (Lipinski definition) is 0. The van der Waals surface area contributed by atoms with Gasteiger partial charge in [0.05, 0.1) is 4.34 Å². The minimum absolute atomic E-state index is 0.109. The quantitative estimate of drug-likeness (QED) is 0.727. The van der Waals surface area contributed by atoms with Crippen LogP contribution in [0.4, 0.5) is 0 Å². The van der Waals surface area contributed by atoms with Crippen molar-refractivity contribution in [3.63, 3.8) is 0 Å². The summed E-state index contributed by atoms with van der Waals surface area (Å²) >= 11 is 6.89. The van der Waals surface area contributed by atoms with Gasteiger partial charge in [0.25, 0.3) is 10.0 Å². The van der Waals surface area contributed by atoms with Crippen LogP contribution in [-0.2, 0) is 14.8 Å². The first-order chi connectivity index (χ1) is 12.4. The van der Waals surface area contributed by atoms with E-state index in [0.717, 1.165) is 22.5 Å². The number of carbonyl (C=O) groups excluding carboxylic acids is 1. The van der Waals surface area contributed by atoms with Gasteiger partial charge in [0.2, 0.25) is 5.91 Å². The Morgan fingerprint density at radius 1 is 1.15 bits per heavy atom. The predicted molar refractivity (Wildman–Crippen MR) is 105 cm³/mol. The van der Waals surface area contributed by atoms with Crippen molar-refractivity contribution in [3.05, 3.63) is 57.9 Å². The zero-order chi connectivity index (χ0) is 18.7. The van der Waals surface area contributed by atoms with Crippen LogP contribution in [0.2, 0.25) is 4.34 Å². The Kier molecular flexibility index (Phi) is 5.82. The number of benzene rings is 1. The molecule has 1 aromatic heterocycles. The molecule has 3 rings (SSSR count). The molecule has 1 aromatic carbocycles. The minimum atomic E-state index is -3.54. The molecule has 0 atom stereocenters. The lowest BCUT2D eigenvalue weighted by atomic mass is 10.1. The Morgan fingerprint density at radius 2 is 1.88 bits per heavy atom. The highest BCUT2D eigenvalue weighted by atomic mass is 35.5. The van der Waals surface area contributed by atoms with Gasteiger partial charge in [-0.3, -0.25) is 4.79 Å². The lowest BCUT2D eigenvalue weighted by Crippen LogP contribution is -2.50. The summed E-state index contributed by atoms with van der Waals surface area (Å²) in [6, 6.07) is 11.0. The molecule has 0 radical (unpaired) electrons. The fourth-order valence-electron chi connectivity index (χ4n) is 2.76. The first-order valence-electron chi connectivity index (χ1n) is 8.15. The van der Waals surface area contributed by atoms with Crippen molar-refractivity contribution in [3.8, 4) is 0 Å². The Morgan fingerprint density at radius 3 is 2.50 bits per heavy atom. The molecule has 1 amide bonds. The van der Waals surface area contributed by atoms with Crippen LogP contribution in [0.1, 0.15) is 11.1 Å². The number of aryl methyl sites for hydroxylation is 1. The van der Waals surface area contributed by atoms with E-state index in [1.165, 1.54) is 16.4 Å². The van der Waals surface area contributed by atoms with Crippen LogP contribution >= 0.6 is 22.9 Å². The number of hydrogen-bond acceptors (Lipinski definition) is 4. The second-order valence-corrected chi connectivity index (χ2v) is 9.92. The van der Waals surface area contributed by atoms with Crippen LogP contribution in [0.3, 0.4) is 0 Å². The molecule has 1 saturated heterocycles. The molecule has 26 heavy (non-hydrogen) atoms. The fraction of sp³-hybridized carbons (Fsp3) is 0.278. The van der Waals surface area contributed by atoms with E-state index in [0.29, 0.717) is 17.4 Å². The van der Waals surface area contributed by atoms with Gasteiger partial charge in [0.15, 0.2) is 0 Å². The standard InChI is InChI=1S/C18H19ClN2O3S2/c1-14-3-2-4-15(13-14)5-7-17(22)20-9-11-21(12-10-20)26(23,24)18-8-6-16(19)25-18/h2-8,13H,9-12H2,1H3/b7-5+. The van der Waals surface area contributed by atoms with Gasteiger partial charge in [-0.1, -0.05) is 41.4 Å². The first-order valence-corrected chi connectivity index (χ1v) is 10.8. The minimum Gasteiger partial charge on any atom is -0.337 e. The maximum absolute atomic E-state index is 12.6. The largest absolute Gasteiger partial charge is 0.337 e. The molecule has 5 nitrogen and oxygen atoms in total. The van der Waals surface area contributed by atoms with Crippen LogP contribution in [0.15, 0.2) is 46.7 Å². The summed E-state index contributed by atoms with van der Waals surface area (Å²) in [5.41, 5.74) is 2.10. The highest BCUT2D eigenvalue weighted by Gasteiger charge is 2.30. The van der Waals surface area contributed by atoms with Crippen LogP contribution in [-0.4, -0.2) is 49.7 Å². The van der Waals surface area contributed by atoms with Crippen LogP contribution in [0.5, 0.6) is 0 Å². The van der Waals surface area contributed by atoms with Gasteiger partial charge in [0, 0.05) is 32.3 Å². The molecular formula is C18H19ClN2O3S2. The molecule has 1 fully saturated rings.